The molecule has 0 aliphatic carbocycles. The Kier molecular flexibility index (Phi) is 5.62. The van der Waals surface area contributed by atoms with Crippen LogP contribution < -0.4 is 0 Å². The van der Waals surface area contributed by atoms with E-state index in [1.165, 1.54) is 13.5 Å². The van der Waals surface area contributed by atoms with Crippen LogP contribution in [-0.2, 0) is 14.3 Å². The van der Waals surface area contributed by atoms with E-state index in [1.54, 1.807) is 0 Å². The molecule has 2 heterocycles. The maximum atomic E-state index is 12.4. The lowest BCUT2D eigenvalue weighted by Crippen LogP contribution is -2.48. The number of nitrogens with zero attached hydrogens (tertiary/aromatic N) is 2. The Morgan fingerprint density at radius 3 is 2.19 bits per heavy atom. The third-order valence-corrected chi connectivity index (χ3v) is 4.70. The van der Waals surface area contributed by atoms with E-state index in [1.807, 2.05) is 4.90 Å². The third-order valence-electron chi connectivity index (χ3n) is 4.70. The molecule has 2 saturated heterocycles. The summed E-state index contributed by atoms with van der Waals surface area (Å²) in [6, 6.07) is 0. The summed E-state index contributed by atoms with van der Waals surface area (Å²) in [6.45, 7) is 8.33. The van der Waals surface area contributed by atoms with Crippen LogP contribution in [0.3, 0.4) is 0 Å². The van der Waals surface area contributed by atoms with Crippen molar-refractivity contribution < 1.29 is 14.3 Å². The predicted molar refractivity (Wildman–Crippen MR) is 80.7 cm³/mol. The molecule has 5 nitrogen and oxygen atoms in total. The number of rotatable bonds is 3. The number of carbonyl (C=O) groups excluding carboxylic acids is 2. The van der Waals surface area contributed by atoms with Gasteiger partial charge in [-0.15, -0.1) is 0 Å². The van der Waals surface area contributed by atoms with Gasteiger partial charge in [0, 0.05) is 13.1 Å². The Morgan fingerprint density at radius 1 is 1.10 bits per heavy atom. The quantitative estimate of drug-likeness (QED) is 0.738. The molecule has 2 fully saturated rings. The van der Waals surface area contributed by atoms with E-state index in [2.05, 4.69) is 18.7 Å². The molecule has 0 aromatic carbocycles. The van der Waals surface area contributed by atoms with Crippen molar-refractivity contribution in [3.63, 3.8) is 0 Å². The molecule has 2 unspecified atom stereocenters. The maximum absolute atomic E-state index is 12.4. The Bertz CT molecular complexity index is 368. The van der Waals surface area contributed by atoms with Crippen molar-refractivity contribution in [2.45, 2.75) is 33.1 Å². The van der Waals surface area contributed by atoms with Gasteiger partial charge in [0.2, 0.25) is 5.91 Å². The molecule has 21 heavy (non-hydrogen) atoms. The van der Waals surface area contributed by atoms with Gasteiger partial charge < -0.3 is 9.64 Å². The molecule has 5 heteroatoms. The van der Waals surface area contributed by atoms with Gasteiger partial charge >= 0.3 is 5.97 Å². The molecule has 0 aromatic heterocycles. The second-order valence-corrected chi connectivity index (χ2v) is 6.82. The zero-order valence-electron chi connectivity index (χ0n) is 13.5. The first-order valence-corrected chi connectivity index (χ1v) is 8.07. The number of carbonyl (C=O) groups is 2. The van der Waals surface area contributed by atoms with Gasteiger partial charge in [-0.25, -0.2) is 0 Å². The third kappa shape index (κ3) is 4.43. The highest BCUT2D eigenvalue weighted by Crippen LogP contribution is 2.22. The fourth-order valence-corrected chi connectivity index (χ4v) is 3.65. The fourth-order valence-electron chi connectivity index (χ4n) is 3.65. The van der Waals surface area contributed by atoms with Gasteiger partial charge in [-0.2, -0.15) is 0 Å². The lowest BCUT2D eigenvalue weighted by Gasteiger charge is -2.37. The normalized spacial score (nSPS) is 28.4. The van der Waals surface area contributed by atoms with Crippen LogP contribution in [0.4, 0.5) is 0 Å². The second-order valence-electron chi connectivity index (χ2n) is 6.82. The molecule has 0 spiro atoms. The van der Waals surface area contributed by atoms with E-state index < -0.39 is 0 Å². The van der Waals surface area contributed by atoms with Crippen molar-refractivity contribution in [3.05, 3.63) is 0 Å². The lowest BCUT2D eigenvalue weighted by molar-refractivity contribution is -0.147. The molecule has 2 atom stereocenters. The minimum Gasteiger partial charge on any atom is -0.469 e. The van der Waals surface area contributed by atoms with E-state index in [9.17, 15) is 9.59 Å². The van der Waals surface area contributed by atoms with Crippen LogP contribution in [0, 0.1) is 17.8 Å². The van der Waals surface area contributed by atoms with Crippen molar-refractivity contribution in [1.29, 1.82) is 0 Å². The van der Waals surface area contributed by atoms with Crippen LogP contribution in [0.25, 0.3) is 0 Å². The maximum Gasteiger partial charge on any atom is 0.308 e. The van der Waals surface area contributed by atoms with E-state index >= 15 is 0 Å². The van der Waals surface area contributed by atoms with Gasteiger partial charge in [0.15, 0.2) is 0 Å². The topological polar surface area (TPSA) is 49.9 Å². The average molecular weight is 296 g/mol. The van der Waals surface area contributed by atoms with Crippen LogP contribution in [0.1, 0.15) is 33.1 Å². The summed E-state index contributed by atoms with van der Waals surface area (Å²) in [5.41, 5.74) is 0. The summed E-state index contributed by atoms with van der Waals surface area (Å²) in [7, 11) is 1.44. The Balaban J connectivity index is 1.78. The summed E-state index contributed by atoms with van der Waals surface area (Å²) in [6.07, 6.45) is 2.81. The SMILES string of the molecule is COC(=O)C1CCN(CC(=O)N2CC(C)CC(C)C2)CC1. The molecule has 1 amide bonds. The minimum atomic E-state index is -0.111. The summed E-state index contributed by atoms with van der Waals surface area (Å²) in [5.74, 6) is 1.34. The van der Waals surface area contributed by atoms with Crippen LogP contribution in [-0.4, -0.2) is 61.5 Å². The largest absolute Gasteiger partial charge is 0.469 e. The number of methoxy groups -OCH3 is 1. The number of amides is 1. The van der Waals surface area contributed by atoms with Crippen LogP contribution in [0.2, 0.25) is 0 Å². The van der Waals surface area contributed by atoms with E-state index in [0.717, 1.165) is 39.0 Å². The Hall–Kier alpha value is -1.10. The van der Waals surface area contributed by atoms with Crippen LogP contribution >= 0.6 is 0 Å². The highest BCUT2D eigenvalue weighted by Gasteiger charge is 2.29. The van der Waals surface area contributed by atoms with Gasteiger partial charge in [0.1, 0.15) is 0 Å². The Labute approximate surface area is 127 Å². The molecule has 0 aromatic rings. The van der Waals surface area contributed by atoms with Gasteiger partial charge in [0.05, 0.1) is 19.6 Å². The highest BCUT2D eigenvalue weighted by molar-refractivity contribution is 5.78. The molecule has 2 rings (SSSR count). The summed E-state index contributed by atoms with van der Waals surface area (Å²) in [4.78, 5) is 28.1. The first kappa shape index (κ1) is 16.3. The summed E-state index contributed by atoms with van der Waals surface area (Å²) < 4.78 is 4.79. The van der Waals surface area contributed by atoms with E-state index in [4.69, 9.17) is 4.74 Å². The Morgan fingerprint density at radius 2 is 1.67 bits per heavy atom. The van der Waals surface area contributed by atoms with Gasteiger partial charge in [-0.1, -0.05) is 13.8 Å². The average Bonchev–Trinajstić information content (AvgIpc) is 2.46. The van der Waals surface area contributed by atoms with E-state index in [-0.39, 0.29) is 17.8 Å². The molecule has 2 aliphatic rings. The molecule has 120 valence electrons. The second kappa shape index (κ2) is 7.25. The molecule has 0 bridgehead atoms. The molecular formula is C16H28N2O3. The summed E-state index contributed by atoms with van der Waals surface area (Å²) >= 11 is 0. The number of hydrogen-bond donors (Lipinski definition) is 0. The number of likely N-dealkylation sites (tertiary alicyclic amines) is 2. The lowest BCUT2D eigenvalue weighted by atomic mass is 9.92. The fraction of sp³-hybridized carbons (Fsp3) is 0.875. The smallest absolute Gasteiger partial charge is 0.308 e. The van der Waals surface area contributed by atoms with E-state index in [0.29, 0.717) is 18.4 Å². The van der Waals surface area contributed by atoms with Crippen molar-refractivity contribution in [2.75, 3.05) is 39.8 Å². The molecule has 2 aliphatic heterocycles. The van der Waals surface area contributed by atoms with Gasteiger partial charge in [0.25, 0.3) is 0 Å². The van der Waals surface area contributed by atoms with Crippen molar-refractivity contribution in [3.8, 4) is 0 Å². The van der Waals surface area contributed by atoms with Crippen LogP contribution in [0.5, 0.6) is 0 Å². The zero-order chi connectivity index (χ0) is 15.4. The monoisotopic (exact) mass is 296 g/mol. The zero-order valence-corrected chi connectivity index (χ0v) is 13.5. The first-order chi connectivity index (χ1) is 9.99. The minimum absolute atomic E-state index is 0.0105. The first-order valence-electron chi connectivity index (χ1n) is 8.07. The van der Waals surface area contributed by atoms with Gasteiger partial charge in [-0.05, 0) is 44.2 Å². The molecule has 0 N–H and O–H groups in total. The van der Waals surface area contributed by atoms with Crippen molar-refractivity contribution >= 4 is 11.9 Å². The molecule has 0 radical (unpaired) electrons. The van der Waals surface area contributed by atoms with Crippen molar-refractivity contribution in [1.82, 2.24) is 9.80 Å². The number of hydrogen-bond acceptors (Lipinski definition) is 4. The summed E-state index contributed by atoms with van der Waals surface area (Å²) in [5, 5.41) is 0. The number of piperidine rings is 2. The van der Waals surface area contributed by atoms with Gasteiger partial charge in [-0.3, -0.25) is 14.5 Å². The molecule has 0 saturated carbocycles. The number of ether oxygens (including phenoxy) is 1. The predicted octanol–water partition coefficient (Wildman–Crippen LogP) is 1.38. The molecular weight excluding hydrogens is 268 g/mol. The van der Waals surface area contributed by atoms with Crippen LogP contribution in [0.15, 0.2) is 0 Å². The van der Waals surface area contributed by atoms with Crippen molar-refractivity contribution in [2.24, 2.45) is 17.8 Å². The standard InChI is InChI=1S/C16H28N2O3/c1-12-8-13(2)10-18(9-12)15(19)11-17-6-4-14(5-7-17)16(20)21-3/h12-14H,4-11H2,1-3H3. The number of esters is 1. The highest BCUT2D eigenvalue weighted by atomic mass is 16.5.